The number of aromatic amines is 1. The van der Waals surface area contributed by atoms with Crippen LogP contribution in [0.5, 0.6) is 0 Å². The van der Waals surface area contributed by atoms with Crippen molar-refractivity contribution in [3.8, 4) is 0 Å². The van der Waals surface area contributed by atoms with Gasteiger partial charge < -0.3 is 10.1 Å². The van der Waals surface area contributed by atoms with Crippen LogP contribution >= 0.6 is 11.8 Å². The number of aliphatic hydroxyl groups is 1. The Morgan fingerprint density at radius 1 is 1.71 bits per heavy atom. The van der Waals surface area contributed by atoms with Crippen molar-refractivity contribution in [2.45, 2.75) is 31.0 Å². The van der Waals surface area contributed by atoms with Crippen LogP contribution in [0, 0.1) is 0 Å². The van der Waals surface area contributed by atoms with Crippen LogP contribution in [-0.2, 0) is 0 Å². The van der Waals surface area contributed by atoms with Crippen molar-refractivity contribution in [2.24, 2.45) is 0 Å². The molecule has 2 N–H and O–H groups in total. The Labute approximate surface area is 86.8 Å². The first-order valence-electron chi connectivity index (χ1n) is 4.44. The molecule has 0 aliphatic heterocycles. The molecule has 1 rings (SSSR count). The Kier molecular flexibility index (Phi) is 3.71. The lowest BCUT2D eigenvalue weighted by atomic mass is 10.1. The Bertz CT molecular complexity index is 349. The zero-order valence-electron chi connectivity index (χ0n) is 8.28. The molecule has 0 spiro atoms. The molecule has 0 aliphatic rings. The number of rotatable bonds is 4. The van der Waals surface area contributed by atoms with E-state index in [9.17, 15) is 9.90 Å². The topological polar surface area (TPSA) is 66.0 Å². The van der Waals surface area contributed by atoms with Crippen molar-refractivity contribution in [1.82, 2.24) is 9.97 Å². The maximum atomic E-state index is 10.9. The monoisotopic (exact) mass is 214 g/mol. The Morgan fingerprint density at radius 2 is 2.43 bits per heavy atom. The van der Waals surface area contributed by atoms with Crippen molar-refractivity contribution in [2.75, 3.05) is 5.75 Å². The lowest BCUT2D eigenvalue weighted by Gasteiger charge is -2.19. The summed E-state index contributed by atoms with van der Waals surface area (Å²) >= 11 is 1.35. The van der Waals surface area contributed by atoms with E-state index in [-0.39, 0.29) is 5.56 Å². The molecule has 14 heavy (non-hydrogen) atoms. The van der Waals surface area contributed by atoms with Crippen LogP contribution < -0.4 is 5.56 Å². The van der Waals surface area contributed by atoms with Crippen LogP contribution in [0.15, 0.2) is 22.2 Å². The Hall–Kier alpha value is -0.810. The van der Waals surface area contributed by atoms with E-state index in [0.29, 0.717) is 17.3 Å². The molecule has 5 heteroatoms. The molecule has 0 aromatic carbocycles. The summed E-state index contributed by atoms with van der Waals surface area (Å²) in [5.74, 6) is 0.524. The van der Waals surface area contributed by atoms with Gasteiger partial charge in [-0.05, 0) is 13.3 Å². The van der Waals surface area contributed by atoms with E-state index < -0.39 is 5.60 Å². The molecule has 1 atom stereocenters. The highest BCUT2D eigenvalue weighted by atomic mass is 32.2. The van der Waals surface area contributed by atoms with Gasteiger partial charge in [-0.15, -0.1) is 0 Å². The summed E-state index contributed by atoms with van der Waals surface area (Å²) in [5.41, 5.74) is -0.877. The van der Waals surface area contributed by atoms with Gasteiger partial charge in [0.25, 0.3) is 5.56 Å². The lowest BCUT2D eigenvalue weighted by molar-refractivity contribution is 0.0815. The van der Waals surface area contributed by atoms with Gasteiger partial charge in [0.05, 0.1) is 5.60 Å². The standard InChI is InChI=1S/C9H14N2O2S/c1-3-9(2,13)6-14-8-10-5-4-7(12)11-8/h4-5,13H,3,6H2,1-2H3,(H,10,11,12). The molecular weight excluding hydrogens is 200 g/mol. The van der Waals surface area contributed by atoms with Gasteiger partial charge in [0.2, 0.25) is 0 Å². The van der Waals surface area contributed by atoms with Crippen molar-refractivity contribution in [3.05, 3.63) is 22.6 Å². The van der Waals surface area contributed by atoms with Crippen LogP contribution in [-0.4, -0.2) is 26.4 Å². The molecule has 0 radical (unpaired) electrons. The highest BCUT2D eigenvalue weighted by molar-refractivity contribution is 7.99. The van der Waals surface area contributed by atoms with E-state index >= 15 is 0 Å². The van der Waals surface area contributed by atoms with Gasteiger partial charge in [0.15, 0.2) is 5.16 Å². The average Bonchev–Trinajstić information content (AvgIpc) is 2.15. The zero-order chi connectivity index (χ0) is 10.6. The van der Waals surface area contributed by atoms with E-state index in [1.165, 1.54) is 24.0 Å². The molecule has 0 amide bonds. The average molecular weight is 214 g/mol. The first kappa shape index (κ1) is 11.3. The van der Waals surface area contributed by atoms with Gasteiger partial charge in [-0.1, -0.05) is 18.7 Å². The third-order valence-corrected chi connectivity index (χ3v) is 3.18. The molecular formula is C9H14N2O2S. The second-order valence-electron chi connectivity index (χ2n) is 3.38. The summed E-state index contributed by atoms with van der Waals surface area (Å²) in [4.78, 5) is 17.5. The Morgan fingerprint density at radius 3 is 3.00 bits per heavy atom. The summed E-state index contributed by atoms with van der Waals surface area (Å²) in [7, 11) is 0. The summed E-state index contributed by atoms with van der Waals surface area (Å²) in [6.45, 7) is 3.68. The summed E-state index contributed by atoms with van der Waals surface area (Å²) in [6, 6.07) is 1.36. The fraction of sp³-hybridized carbons (Fsp3) is 0.556. The SMILES string of the molecule is CCC(C)(O)CSc1nccc(=O)[nH]1. The molecule has 0 saturated heterocycles. The van der Waals surface area contributed by atoms with E-state index in [4.69, 9.17) is 0 Å². The number of nitrogens with one attached hydrogen (secondary N) is 1. The van der Waals surface area contributed by atoms with Crippen molar-refractivity contribution >= 4 is 11.8 Å². The van der Waals surface area contributed by atoms with Crippen LogP contribution in [0.4, 0.5) is 0 Å². The van der Waals surface area contributed by atoms with Gasteiger partial charge >= 0.3 is 0 Å². The number of nitrogens with zero attached hydrogens (tertiary/aromatic N) is 1. The van der Waals surface area contributed by atoms with Crippen LogP contribution in [0.1, 0.15) is 20.3 Å². The minimum Gasteiger partial charge on any atom is -0.389 e. The molecule has 1 unspecified atom stereocenters. The minimum atomic E-state index is -0.709. The van der Waals surface area contributed by atoms with Crippen LogP contribution in [0.3, 0.4) is 0 Å². The van der Waals surface area contributed by atoms with Gasteiger partial charge in [0.1, 0.15) is 0 Å². The van der Waals surface area contributed by atoms with Gasteiger partial charge in [-0.2, -0.15) is 0 Å². The third kappa shape index (κ3) is 3.51. The van der Waals surface area contributed by atoms with Crippen molar-refractivity contribution < 1.29 is 5.11 Å². The molecule has 0 aliphatic carbocycles. The molecule has 0 bridgehead atoms. The van der Waals surface area contributed by atoms with E-state index in [0.717, 1.165) is 0 Å². The predicted molar refractivity (Wildman–Crippen MR) is 56.5 cm³/mol. The molecule has 1 heterocycles. The number of hydrogen-bond acceptors (Lipinski definition) is 4. The second kappa shape index (κ2) is 4.61. The minimum absolute atomic E-state index is 0.168. The lowest BCUT2D eigenvalue weighted by Crippen LogP contribution is -2.26. The Balaban J connectivity index is 2.58. The number of H-pyrrole nitrogens is 1. The predicted octanol–water partition coefficient (Wildman–Crippen LogP) is 1.02. The fourth-order valence-corrected chi connectivity index (χ4v) is 1.71. The largest absolute Gasteiger partial charge is 0.389 e. The molecule has 1 aromatic rings. The fourth-order valence-electron chi connectivity index (χ4n) is 0.751. The van der Waals surface area contributed by atoms with Crippen LogP contribution in [0.2, 0.25) is 0 Å². The summed E-state index contributed by atoms with van der Waals surface area (Å²) in [5, 5.41) is 10.3. The van der Waals surface area contributed by atoms with Gasteiger partial charge in [-0.3, -0.25) is 4.79 Å². The maximum absolute atomic E-state index is 10.9. The summed E-state index contributed by atoms with van der Waals surface area (Å²) in [6.07, 6.45) is 2.14. The quantitative estimate of drug-likeness (QED) is 0.580. The second-order valence-corrected chi connectivity index (χ2v) is 4.34. The van der Waals surface area contributed by atoms with Crippen molar-refractivity contribution in [1.29, 1.82) is 0 Å². The third-order valence-electron chi connectivity index (χ3n) is 1.93. The van der Waals surface area contributed by atoms with E-state index in [1.807, 2.05) is 6.92 Å². The molecule has 0 fully saturated rings. The molecule has 78 valence electrons. The highest BCUT2D eigenvalue weighted by Gasteiger charge is 2.17. The normalized spacial score (nSPS) is 15.1. The maximum Gasteiger partial charge on any atom is 0.251 e. The number of thioether (sulfide) groups is 1. The van der Waals surface area contributed by atoms with Crippen LogP contribution in [0.25, 0.3) is 0 Å². The molecule has 0 saturated carbocycles. The summed E-state index contributed by atoms with van der Waals surface area (Å²) < 4.78 is 0. The molecule has 1 aromatic heterocycles. The number of aromatic nitrogens is 2. The van der Waals surface area contributed by atoms with E-state index in [2.05, 4.69) is 9.97 Å². The highest BCUT2D eigenvalue weighted by Crippen LogP contribution is 2.20. The van der Waals surface area contributed by atoms with E-state index in [1.54, 1.807) is 6.92 Å². The first-order valence-corrected chi connectivity index (χ1v) is 5.42. The van der Waals surface area contributed by atoms with Gasteiger partial charge in [0, 0.05) is 18.0 Å². The first-order chi connectivity index (χ1) is 6.53. The number of hydrogen-bond donors (Lipinski definition) is 2. The molecule has 4 nitrogen and oxygen atoms in total. The van der Waals surface area contributed by atoms with Gasteiger partial charge in [-0.25, -0.2) is 4.98 Å². The smallest absolute Gasteiger partial charge is 0.251 e. The van der Waals surface area contributed by atoms with Crippen molar-refractivity contribution in [3.63, 3.8) is 0 Å². The zero-order valence-corrected chi connectivity index (χ0v) is 9.10.